The zero-order valence-corrected chi connectivity index (χ0v) is 15.5. The Labute approximate surface area is 158 Å². The molecule has 1 saturated heterocycles. The van der Waals surface area contributed by atoms with Crippen LogP contribution >= 0.6 is 23.2 Å². The fraction of sp³-hybridized carbons (Fsp3) is 0.533. The van der Waals surface area contributed by atoms with Gasteiger partial charge in [0.2, 0.25) is 5.28 Å². The number of aromatic nitrogens is 4. The first-order valence-electron chi connectivity index (χ1n) is 7.85. The van der Waals surface area contributed by atoms with E-state index in [2.05, 4.69) is 15.0 Å². The minimum absolute atomic E-state index is 0.0203. The molecule has 0 spiro atoms. The van der Waals surface area contributed by atoms with E-state index < -0.39 is 30.4 Å². The summed E-state index contributed by atoms with van der Waals surface area (Å²) >= 11 is 11.9. The molecule has 1 aliphatic rings. The van der Waals surface area contributed by atoms with Gasteiger partial charge in [-0.05, 0) is 11.6 Å². The molecule has 140 valence electrons. The molecule has 2 aromatic rings. The average Bonchev–Trinajstić information content (AvgIpc) is 2.96. The Morgan fingerprint density at radius 2 is 2.04 bits per heavy atom. The van der Waals surface area contributed by atoms with E-state index >= 15 is 0 Å². The Hall–Kier alpha value is -1.97. The van der Waals surface area contributed by atoms with Crippen LogP contribution in [0.5, 0.6) is 0 Å². The first-order chi connectivity index (χ1) is 12.3. The number of halogens is 2. The maximum Gasteiger partial charge on any atom is 0.302 e. The third-order valence-corrected chi connectivity index (χ3v) is 4.24. The highest BCUT2D eigenvalue weighted by atomic mass is 35.5. The molecule has 9 nitrogen and oxygen atoms in total. The molecule has 2 aromatic heterocycles. The lowest BCUT2D eigenvalue weighted by Crippen LogP contribution is -2.38. The molecular weight excluding hydrogens is 387 g/mol. The summed E-state index contributed by atoms with van der Waals surface area (Å²) in [5, 5.41) is 0.107. The SMILES string of the molecule is CC(=O)OC[C@@H]1C[C@H](OC(C)=O)CC(n2cnc3c(Cl)nc(Cl)nc32)O1. The van der Waals surface area contributed by atoms with Gasteiger partial charge in [0.1, 0.15) is 24.5 Å². The number of fused-ring (bicyclic) bond motifs is 1. The van der Waals surface area contributed by atoms with E-state index in [-0.39, 0.29) is 17.0 Å². The minimum Gasteiger partial charge on any atom is -0.463 e. The first-order valence-corrected chi connectivity index (χ1v) is 8.60. The Morgan fingerprint density at radius 1 is 1.27 bits per heavy atom. The van der Waals surface area contributed by atoms with Crippen LogP contribution in [0, 0.1) is 0 Å². The normalized spacial score (nSPS) is 23.0. The zero-order chi connectivity index (χ0) is 18.8. The predicted octanol–water partition coefficient (Wildman–Crippen LogP) is 2.31. The summed E-state index contributed by atoms with van der Waals surface area (Å²) < 4.78 is 18.0. The van der Waals surface area contributed by atoms with Crippen molar-refractivity contribution >= 4 is 46.3 Å². The van der Waals surface area contributed by atoms with Crippen molar-refractivity contribution in [3.8, 4) is 0 Å². The summed E-state index contributed by atoms with van der Waals surface area (Å²) in [6.07, 6.45) is 0.878. The number of carbonyl (C=O) groups is 2. The number of hydrogen-bond acceptors (Lipinski definition) is 8. The van der Waals surface area contributed by atoms with Crippen molar-refractivity contribution in [3.05, 3.63) is 16.8 Å². The predicted molar refractivity (Wildman–Crippen MR) is 90.7 cm³/mol. The fourth-order valence-corrected chi connectivity index (χ4v) is 3.26. The third kappa shape index (κ3) is 4.22. The molecule has 0 amide bonds. The number of nitrogens with zero attached hydrogens (tertiary/aromatic N) is 4. The molecule has 0 N–H and O–H groups in total. The van der Waals surface area contributed by atoms with Crippen LogP contribution in [-0.4, -0.2) is 50.3 Å². The molecule has 26 heavy (non-hydrogen) atoms. The van der Waals surface area contributed by atoms with E-state index in [0.717, 1.165) is 0 Å². The fourth-order valence-electron chi connectivity index (χ4n) is 2.84. The maximum absolute atomic E-state index is 11.4. The monoisotopic (exact) mass is 402 g/mol. The van der Waals surface area contributed by atoms with E-state index in [1.54, 1.807) is 4.57 Å². The molecule has 3 rings (SSSR count). The molecule has 0 aromatic carbocycles. The van der Waals surface area contributed by atoms with Gasteiger partial charge >= 0.3 is 11.9 Å². The van der Waals surface area contributed by atoms with Crippen LogP contribution < -0.4 is 0 Å². The van der Waals surface area contributed by atoms with E-state index in [1.807, 2.05) is 0 Å². The summed E-state index contributed by atoms with van der Waals surface area (Å²) in [7, 11) is 0. The molecule has 0 radical (unpaired) electrons. The van der Waals surface area contributed by atoms with Crippen LogP contribution in [0.2, 0.25) is 10.4 Å². The van der Waals surface area contributed by atoms with Crippen molar-refractivity contribution in [1.29, 1.82) is 0 Å². The molecule has 1 unspecified atom stereocenters. The van der Waals surface area contributed by atoms with Crippen molar-refractivity contribution in [1.82, 2.24) is 19.5 Å². The largest absolute Gasteiger partial charge is 0.463 e. The van der Waals surface area contributed by atoms with Crippen LogP contribution in [0.3, 0.4) is 0 Å². The first kappa shape index (κ1) is 18.8. The summed E-state index contributed by atoms with van der Waals surface area (Å²) in [4.78, 5) is 34.6. The molecule has 3 heterocycles. The van der Waals surface area contributed by atoms with Gasteiger partial charge < -0.3 is 14.2 Å². The van der Waals surface area contributed by atoms with Crippen molar-refractivity contribution in [3.63, 3.8) is 0 Å². The summed E-state index contributed by atoms with van der Waals surface area (Å²) in [6, 6.07) is 0. The van der Waals surface area contributed by atoms with Crippen LogP contribution in [0.25, 0.3) is 11.2 Å². The Balaban J connectivity index is 1.89. The average molecular weight is 403 g/mol. The number of rotatable bonds is 4. The molecule has 0 saturated carbocycles. The van der Waals surface area contributed by atoms with Crippen molar-refractivity contribution < 1.29 is 23.8 Å². The quantitative estimate of drug-likeness (QED) is 0.435. The highest BCUT2D eigenvalue weighted by molar-refractivity contribution is 6.35. The molecule has 1 aliphatic heterocycles. The number of imidazole rings is 1. The topological polar surface area (TPSA) is 105 Å². The Kier molecular flexibility index (Phi) is 5.59. The summed E-state index contributed by atoms with van der Waals surface area (Å²) in [5.41, 5.74) is 0.778. The second-order valence-corrected chi connectivity index (χ2v) is 6.52. The lowest BCUT2D eigenvalue weighted by molar-refractivity contribution is -0.178. The number of ether oxygens (including phenoxy) is 3. The summed E-state index contributed by atoms with van der Waals surface area (Å²) in [6.45, 7) is 2.70. The maximum atomic E-state index is 11.4. The zero-order valence-electron chi connectivity index (χ0n) is 14.0. The second kappa shape index (κ2) is 7.73. The minimum atomic E-state index is -0.555. The van der Waals surface area contributed by atoms with Gasteiger partial charge in [-0.2, -0.15) is 4.98 Å². The van der Waals surface area contributed by atoms with E-state index in [9.17, 15) is 9.59 Å². The Bertz CT molecular complexity index is 843. The summed E-state index contributed by atoms with van der Waals surface area (Å²) in [5.74, 6) is -0.815. The molecule has 3 atom stereocenters. The van der Waals surface area contributed by atoms with Crippen molar-refractivity contribution in [2.75, 3.05) is 6.61 Å². The van der Waals surface area contributed by atoms with Gasteiger partial charge in [0.25, 0.3) is 0 Å². The third-order valence-electron chi connectivity index (χ3n) is 3.81. The standard InChI is InChI=1S/C15H16Cl2N4O5/c1-7(22)24-5-10-3-9(25-8(2)23)4-11(26-10)21-6-18-12-13(16)19-15(17)20-14(12)21/h6,9-11H,3-5H2,1-2H3/t9-,10-,11?/m0/s1. The lowest BCUT2D eigenvalue weighted by atomic mass is 10.0. The van der Waals surface area contributed by atoms with Crippen LogP contribution in [0.1, 0.15) is 32.9 Å². The van der Waals surface area contributed by atoms with E-state index in [4.69, 9.17) is 37.4 Å². The van der Waals surface area contributed by atoms with E-state index in [1.165, 1.54) is 20.2 Å². The van der Waals surface area contributed by atoms with Gasteiger partial charge in [-0.3, -0.25) is 14.2 Å². The van der Waals surface area contributed by atoms with Crippen LogP contribution in [-0.2, 0) is 23.8 Å². The molecule has 0 aliphatic carbocycles. The van der Waals surface area contributed by atoms with Gasteiger partial charge in [0, 0.05) is 26.7 Å². The number of carbonyl (C=O) groups excluding carboxylic acids is 2. The smallest absolute Gasteiger partial charge is 0.302 e. The highest BCUT2D eigenvalue weighted by Crippen LogP contribution is 2.32. The highest BCUT2D eigenvalue weighted by Gasteiger charge is 2.34. The van der Waals surface area contributed by atoms with Gasteiger partial charge in [-0.15, -0.1) is 0 Å². The van der Waals surface area contributed by atoms with Crippen LogP contribution in [0.4, 0.5) is 0 Å². The number of esters is 2. The van der Waals surface area contributed by atoms with Gasteiger partial charge in [-0.1, -0.05) is 11.6 Å². The van der Waals surface area contributed by atoms with Gasteiger partial charge in [0.15, 0.2) is 10.8 Å². The number of hydrogen-bond donors (Lipinski definition) is 0. The van der Waals surface area contributed by atoms with Crippen molar-refractivity contribution in [2.24, 2.45) is 0 Å². The molecule has 11 heteroatoms. The lowest BCUT2D eigenvalue weighted by Gasteiger charge is -2.35. The Morgan fingerprint density at radius 3 is 2.73 bits per heavy atom. The van der Waals surface area contributed by atoms with Crippen LogP contribution in [0.15, 0.2) is 6.33 Å². The molecule has 1 fully saturated rings. The van der Waals surface area contributed by atoms with Gasteiger partial charge in [0.05, 0.1) is 12.4 Å². The van der Waals surface area contributed by atoms with E-state index in [0.29, 0.717) is 24.0 Å². The van der Waals surface area contributed by atoms with Gasteiger partial charge in [-0.25, -0.2) is 9.97 Å². The second-order valence-electron chi connectivity index (χ2n) is 5.83. The molecular formula is C15H16Cl2N4O5. The molecule has 0 bridgehead atoms. The van der Waals surface area contributed by atoms with Crippen molar-refractivity contribution in [2.45, 2.75) is 45.1 Å².